The first kappa shape index (κ1) is 11.6. The molecular weight excluding hydrogens is 244 g/mol. The van der Waals surface area contributed by atoms with E-state index in [2.05, 4.69) is 28.2 Å². The number of benzene rings is 1. The van der Waals surface area contributed by atoms with Crippen LogP contribution in [-0.4, -0.2) is 36.2 Å². The Hall–Kier alpha value is -1.52. The molecule has 1 aromatic carbocycles. The van der Waals surface area contributed by atoms with Crippen molar-refractivity contribution in [2.75, 3.05) is 26.3 Å². The van der Waals surface area contributed by atoms with Crippen LogP contribution in [0.2, 0.25) is 0 Å². The van der Waals surface area contributed by atoms with Gasteiger partial charge >= 0.3 is 0 Å². The average Bonchev–Trinajstić information content (AvgIpc) is 2.41. The van der Waals surface area contributed by atoms with Crippen molar-refractivity contribution in [1.82, 2.24) is 4.90 Å². The van der Waals surface area contributed by atoms with Gasteiger partial charge in [0, 0.05) is 30.1 Å². The Labute approximate surface area is 111 Å². The van der Waals surface area contributed by atoms with Crippen LogP contribution in [0.15, 0.2) is 41.0 Å². The van der Waals surface area contributed by atoms with E-state index in [1.807, 2.05) is 18.2 Å². The molecule has 1 saturated heterocycles. The van der Waals surface area contributed by atoms with Gasteiger partial charge in [0.15, 0.2) is 0 Å². The molecule has 0 unspecified atom stereocenters. The van der Waals surface area contributed by atoms with Gasteiger partial charge in [0.25, 0.3) is 0 Å². The molecule has 3 nitrogen and oxygen atoms in total. The molecule has 92 valence electrons. The second-order valence-electron chi connectivity index (χ2n) is 4.35. The fourth-order valence-electron chi connectivity index (χ4n) is 2.11. The Kier molecular flexibility index (Phi) is 3.21. The maximum atomic E-state index is 5.35. The van der Waals surface area contributed by atoms with Crippen LogP contribution in [0.1, 0.15) is 0 Å². The van der Waals surface area contributed by atoms with Crippen LogP contribution >= 0.6 is 12.2 Å². The van der Waals surface area contributed by atoms with Gasteiger partial charge in [-0.15, -0.1) is 0 Å². The summed E-state index contributed by atoms with van der Waals surface area (Å²) >= 11 is 5.35. The first-order valence-electron chi connectivity index (χ1n) is 6.06. The van der Waals surface area contributed by atoms with E-state index in [1.54, 1.807) is 0 Å². The summed E-state index contributed by atoms with van der Waals surface area (Å²) in [6, 6.07) is 8.05. The molecule has 3 rings (SSSR count). The minimum Gasteiger partial charge on any atom is -0.378 e. The topological polar surface area (TPSA) is 24.8 Å². The summed E-state index contributed by atoms with van der Waals surface area (Å²) in [7, 11) is 0. The summed E-state index contributed by atoms with van der Waals surface area (Å²) in [6.07, 6.45) is 4.21. The number of hydrogen-bond acceptors (Lipinski definition) is 3. The lowest BCUT2D eigenvalue weighted by atomic mass is 10.1. The number of para-hydroxylation sites is 1. The lowest BCUT2D eigenvalue weighted by Gasteiger charge is -2.26. The third-order valence-corrected chi connectivity index (χ3v) is 3.41. The number of hydrogen-bond donors (Lipinski definition) is 0. The second kappa shape index (κ2) is 5.00. The molecule has 2 aliphatic rings. The van der Waals surface area contributed by atoms with Crippen LogP contribution < -0.4 is 10.6 Å². The highest BCUT2D eigenvalue weighted by Gasteiger charge is 2.11. The summed E-state index contributed by atoms with van der Waals surface area (Å²) in [5.41, 5.74) is 1.02. The summed E-state index contributed by atoms with van der Waals surface area (Å²) in [6.45, 7) is 3.40. The van der Waals surface area contributed by atoms with Gasteiger partial charge in [0.1, 0.15) is 4.99 Å². The third kappa shape index (κ3) is 2.35. The Morgan fingerprint density at radius 3 is 2.83 bits per heavy atom. The maximum Gasteiger partial charge on any atom is 0.135 e. The molecule has 0 amide bonds. The molecule has 0 atom stereocenters. The van der Waals surface area contributed by atoms with Crippen molar-refractivity contribution in [3.05, 3.63) is 46.6 Å². The van der Waals surface area contributed by atoms with Crippen LogP contribution in [-0.2, 0) is 4.74 Å². The van der Waals surface area contributed by atoms with E-state index in [0.29, 0.717) is 4.99 Å². The smallest absolute Gasteiger partial charge is 0.135 e. The standard InChI is InChI=1S/C14H14N2OS/c18-14-12(10-16-5-7-17-8-6-16)9-11-3-1-2-4-13(11)15-14/h1-4,9-10H,5-8H2/b12-10-. The Bertz CT molecular complexity index is 615. The molecule has 2 heterocycles. The molecule has 2 aliphatic heterocycles. The van der Waals surface area contributed by atoms with Crippen molar-refractivity contribution in [3.8, 4) is 0 Å². The fourth-order valence-corrected chi connectivity index (χ4v) is 2.32. The SMILES string of the molecule is S=C1N=c2ccccc2=C/C1=C/N1CCOCC1. The van der Waals surface area contributed by atoms with Gasteiger partial charge in [-0.1, -0.05) is 30.4 Å². The average molecular weight is 258 g/mol. The van der Waals surface area contributed by atoms with Crippen molar-refractivity contribution in [1.29, 1.82) is 0 Å². The van der Waals surface area contributed by atoms with Crippen molar-refractivity contribution >= 4 is 23.3 Å². The van der Waals surface area contributed by atoms with Gasteiger partial charge in [-0.25, -0.2) is 4.99 Å². The molecule has 0 saturated carbocycles. The summed E-state index contributed by atoms with van der Waals surface area (Å²) < 4.78 is 5.33. The van der Waals surface area contributed by atoms with E-state index < -0.39 is 0 Å². The molecule has 18 heavy (non-hydrogen) atoms. The van der Waals surface area contributed by atoms with E-state index in [0.717, 1.165) is 42.5 Å². The highest BCUT2D eigenvalue weighted by atomic mass is 32.1. The first-order valence-corrected chi connectivity index (χ1v) is 6.47. The minimum absolute atomic E-state index is 0.667. The number of nitrogens with zero attached hydrogens (tertiary/aromatic N) is 2. The lowest BCUT2D eigenvalue weighted by molar-refractivity contribution is 0.0593. The van der Waals surface area contributed by atoms with Crippen LogP contribution in [0.5, 0.6) is 0 Å². The van der Waals surface area contributed by atoms with Crippen molar-refractivity contribution in [2.45, 2.75) is 0 Å². The van der Waals surface area contributed by atoms with Crippen molar-refractivity contribution in [2.24, 2.45) is 4.99 Å². The van der Waals surface area contributed by atoms with Gasteiger partial charge in [-0.05, 0) is 12.1 Å². The quantitative estimate of drug-likeness (QED) is 0.546. The van der Waals surface area contributed by atoms with Gasteiger partial charge in [-0.3, -0.25) is 0 Å². The summed E-state index contributed by atoms with van der Waals surface area (Å²) in [5.74, 6) is 0. The summed E-state index contributed by atoms with van der Waals surface area (Å²) in [5, 5.41) is 2.09. The molecule has 0 aromatic heterocycles. The van der Waals surface area contributed by atoms with Crippen LogP contribution in [0.3, 0.4) is 0 Å². The van der Waals surface area contributed by atoms with E-state index in [1.165, 1.54) is 0 Å². The molecule has 0 spiro atoms. The fraction of sp³-hybridized carbons (Fsp3) is 0.286. The number of morpholine rings is 1. The third-order valence-electron chi connectivity index (χ3n) is 3.08. The molecular formula is C14H14N2OS. The normalized spacial score (nSPS) is 21.2. The van der Waals surface area contributed by atoms with E-state index in [4.69, 9.17) is 17.0 Å². The van der Waals surface area contributed by atoms with Gasteiger partial charge in [-0.2, -0.15) is 0 Å². The highest BCUT2D eigenvalue weighted by Crippen LogP contribution is 2.08. The Balaban J connectivity index is 1.97. The highest BCUT2D eigenvalue weighted by molar-refractivity contribution is 7.80. The monoisotopic (exact) mass is 258 g/mol. The van der Waals surface area contributed by atoms with Gasteiger partial charge in [0.2, 0.25) is 0 Å². The second-order valence-corrected chi connectivity index (χ2v) is 4.74. The number of ether oxygens (including phenoxy) is 1. The Morgan fingerprint density at radius 2 is 2.00 bits per heavy atom. The predicted octanol–water partition coefficient (Wildman–Crippen LogP) is 0.644. The zero-order valence-electron chi connectivity index (χ0n) is 10.0. The molecule has 1 aromatic rings. The number of fused-ring (bicyclic) bond motifs is 1. The molecule has 0 aliphatic carbocycles. The zero-order chi connectivity index (χ0) is 12.4. The lowest BCUT2D eigenvalue weighted by Crippen LogP contribution is -2.34. The van der Waals surface area contributed by atoms with Crippen molar-refractivity contribution in [3.63, 3.8) is 0 Å². The molecule has 1 fully saturated rings. The molecule has 4 heteroatoms. The zero-order valence-corrected chi connectivity index (χ0v) is 10.8. The van der Waals surface area contributed by atoms with Gasteiger partial charge in [0.05, 0.1) is 18.6 Å². The van der Waals surface area contributed by atoms with E-state index in [-0.39, 0.29) is 0 Å². The van der Waals surface area contributed by atoms with Crippen LogP contribution in [0.4, 0.5) is 0 Å². The predicted molar refractivity (Wildman–Crippen MR) is 74.8 cm³/mol. The maximum absolute atomic E-state index is 5.35. The van der Waals surface area contributed by atoms with Crippen LogP contribution in [0.25, 0.3) is 6.08 Å². The molecule has 0 bridgehead atoms. The van der Waals surface area contributed by atoms with Crippen molar-refractivity contribution < 1.29 is 4.74 Å². The number of thiocarbonyl (C=S) groups is 1. The summed E-state index contributed by atoms with van der Waals surface area (Å²) in [4.78, 5) is 7.37. The first-order chi connectivity index (χ1) is 8.83. The van der Waals surface area contributed by atoms with Gasteiger partial charge < -0.3 is 9.64 Å². The Morgan fingerprint density at radius 1 is 1.22 bits per heavy atom. The number of rotatable bonds is 1. The van der Waals surface area contributed by atoms with E-state index >= 15 is 0 Å². The minimum atomic E-state index is 0.667. The molecule has 0 N–H and O–H groups in total. The van der Waals surface area contributed by atoms with Crippen LogP contribution in [0, 0.1) is 0 Å². The largest absolute Gasteiger partial charge is 0.378 e. The molecule has 0 radical (unpaired) electrons. The van der Waals surface area contributed by atoms with E-state index in [9.17, 15) is 0 Å².